The molecule has 0 spiro atoms. The fourth-order valence-corrected chi connectivity index (χ4v) is 4.26. The zero-order valence-electron chi connectivity index (χ0n) is 14.4. The van der Waals surface area contributed by atoms with Crippen molar-refractivity contribution >= 4 is 15.7 Å². The first-order valence-corrected chi connectivity index (χ1v) is 10.2. The van der Waals surface area contributed by atoms with E-state index in [0.29, 0.717) is 11.4 Å². The molecule has 0 N–H and O–H groups in total. The van der Waals surface area contributed by atoms with Crippen molar-refractivity contribution in [2.24, 2.45) is 0 Å². The van der Waals surface area contributed by atoms with Crippen molar-refractivity contribution in [1.29, 1.82) is 0 Å². The Morgan fingerprint density at radius 3 is 1.92 bits per heavy atom. The van der Waals surface area contributed by atoms with Gasteiger partial charge in [0.15, 0.2) is 0 Å². The Morgan fingerprint density at radius 2 is 1.29 bits per heavy atom. The molecule has 0 unspecified atom stereocenters. The molecule has 24 heavy (non-hydrogen) atoms. The van der Waals surface area contributed by atoms with Gasteiger partial charge in [0.05, 0.1) is 10.6 Å². The van der Waals surface area contributed by atoms with E-state index in [1.54, 1.807) is 28.6 Å². The zero-order valence-corrected chi connectivity index (χ0v) is 15.2. The number of hydrogen-bond acceptors (Lipinski definition) is 2. The SMILES string of the molecule is CCCCCCCCN(c1ccccc1)S(=O)(=O)c1ccccc1. The van der Waals surface area contributed by atoms with Gasteiger partial charge in [-0.15, -0.1) is 0 Å². The van der Waals surface area contributed by atoms with Gasteiger partial charge >= 0.3 is 0 Å². The van der Waals surface area contributed by atoms with Gasteiger partial charge in [-0.3, -0.25) is 4.31 Å². The number of anilines is 1. The average Bonchev–Trinajstić information content (AvgIpc) is 2.62. The summed E-state index contributed by atoms with van der Waals surface area (Å²) in [5, 5.41) is 0. The summed E-state index contributed by atoms with van der Waals surface area (Å²) >= 11 is 0. The van der Waals surface area contributed by atoms with Crippen molar-refractivity contribution in [1.82, 2.24) is 0 Å². The smallest absolute Gasteiger partial charge is 0.264 e. The topological polar surface area (TPSA) is 37.4 Å². The van der Waals surface area contributed by atoms with E-state index in [0.717, 1.165) is 18.5 Å². The molecule has 0 radical (unpaired) electrons. The quantitative estimate of drug-likeness (QED) is 0.552. The Balaban J connectivity index is 2.12. The first-order chi connectivity index (χ1) is 11.7. The largest absolute Gasteiger partial charge is 0.266 e. The van der Waals surface area contributed by atoms with E-state index in [1.807, 2.05) is 36.4 Å². The summed E-state index contributed by atoms with van der Waals surface area (Å²) in [4.78, 5) is 0.347. The predicted molar refractivity (Wildman–Crippen MR) is 101 cm³/mol. The van der Waals surface area contributed by atoms with Crippen LogP contribution < -0.4 is 4.31 Å². The van der Waals surface area contributed by atoms with Gasteiger partial charge in [-0.2, -0.15) is 0 Å². The Morgan fingerprint density at radius 1 is 0.750 bits per heavy atom. The third-order valence-electron chi connectivity index (χ3n) is 4.09. The van der Waals surface area contributed by atoms with E-state index < -0.39 is 10.0 Å². The van der Waals surface area contributed by atoms with Gasteiger partial charge in [0.25, 0.3) is 10.0 Å². The van der Waals surface area contributed by atoms with Crippen molar-refractivity contribution in [3.63, 3.8) is 0 Å². The summed E-state index contributed by atoms with van der Waals surface area (Å²) in [6.07, 6.45) is 6.82. The second-order valence-electron chi connectivity index (χ2n) is 5.99. The molecule has 0 aliphatic rings. The molecular formula is C20H27NO2S. The lowest BCUT2D eigenvalue weighted by atomic mass is 10.1. The first kappa shape index (κ1) is 18.5. The normalized spacial score (nSPS) is 11.4. The van der Waals surface area contributed by atoms with Crippen LogP contribution in [0.4, 0.5) is 5.69 Å². The van der Waals surface area contributed by atoms with Crippen molar-refractivity contribution in [2.75, 3.05) is 10.8 Å². The Bertz CT molecular complexity index is 684. The average molecular weight is 346 g/mol. The van der Waals surface area contributed by atoms with E-state index in [2.05, 4.69) is 6.92 Å². The molecule has 0 saturated heterocycles. The summed E-state index contributed by atoms with van der Waals surface area (Å²) < 4.78 is 27.6. The highest BCUT2D eigenvalue weighted by Gasteiger charge is 2.24. The molecule has 4 heteroatoms. The lowest BCUT2D eigenvalue weighted by Gasteiger charge is -2.24. The fraction of sp³-hybridized carbons (Fsp3) is 0.400. The van der Waals surface area contributed by atoms with Crippen LogP contribution in [0.25, 0.3) is 0 Å². The number of nitrogens with zero attached hydrogens (tertiary/aromatic N) is 1. The van der Waals surface area contributed by atoms with Crippen LogP contribution >= 0.6 is 0 Å². The minimum atomic E-state index is -3.52. The number of rotatable bonds is 10. The molecule has 0 aliphatic heterocycles. The number of hydrogen-bond donors (Lipinski definition) is 0. The maximum absolute atomic E-state index is 13.0. The Kier molecular flexibility index (Phi) is 7.32. The summed E-state index contributed by atoms with van der Waals surface area (Å²) in [5.41, 5.74) is 0.731. The van der Waals surface area contributed by atoms with Crippen molar-refractivity contribution in [2.45, 2.75) is 50.3 Å². The van der Waals surface area contributed by atoms with E-state index in [9.17, 15) is 8.42 Å². The first-order valence-electron chi connectivity index (χ1n) is 8.79. The lowest BCUT2D eigenvalue weighted by Crippen LogP contribution is -2.32. The minimum Gasteiger partial charge on any atom is -0.266 e. The highest BCUT2D eigenvalue weighted by atomic mass is 32.2. The molecule has 0 saturated carbocycles. The van der Waals surface area contributed by atoms with E-state index >= 15 is 0 Å². The van der Waals surface area contributed by atoms with Gasteiger partial charge in [-0.05, 0) is 30.7 Å². The standard InChI is InChI=1S/C20H27NO2S/c1-2-3-4-5-6-13-18-21(19-14-9-7-10-15-19)24(22,23)20-16-11-8-12-17-20/h7-12,14-17H,2-6,13,18H2,1H3. The molecule has 0 fully saturated rings. The molecule has 0 aromatic heterocycles. The van der Waals surface area contributed by atoms with Gasteiger partial charge in [-0.25, -0.2) is 8.42 Å². The molecule has 0 atom stereocenters. The Labute approximate surface area is 146 Å². The molecule has 2 rings (SSSR count). The monoisotopic (exact) mass is 345 g/mol. The van der Waals surface area contributed by atoms with Crippen molar-refractivity contribution < 1.29 is 8.42 Å². The second-order valence-corrected chi connectivity index (χ2v) is 7.86. The molecule has 0 aliphatic carbocycles. The number of para-hydroxylation sites is 1. The summed E-state index contributed by atoms with van der Waals surface area (Å²) in [7, 11) is -3.52. The van der Waals surface area contributed by atoms with Crippen LogP contribution in [0.5, 0.6) is 0 Å². The lowest BCUT2D eigenvalue weighted by molar-refractivity contribution is 0.580. The summed E-state index contributed by atoms with van der Waals surface area (Å²) in [6, 6.07) is 18.1. The van der Waals surface area contributed by atoms with Gasteiger partial charge in [0, 0.05) is 6.54 Å². The van der Waals surface area contributed by atoms with E-state index in [4.69, 9.17) is 0 Å². The summed E-state index contributed by atoms with van der Waals surface area (Å²) in [5.74, 6) is 0. The predicted octanol–water partition coefficient (Wildman–Crippen LogP) is 5.24. The maximum atomic E-state index is 13.0. The Hall–Kier alpha value is -1.81. The molecule has 2 aromatic rings. The molecule has 0 heterocycles. The van der Waals surface area contributed by atoms with Crippen LogP contribution in [0, 0.1) is 0 Å². The maximum Gasteiger partial charge on any atom is 0.264 e. The highest BCUT2D eigenvalue weighted by Crippen LogP contribution is 2.24. The third kappa shape index (κ3) is 5.10. The van der Waals surface area contributed by atoms with Gasteiger partial charge in [0.1, 0.15) is 0 Å². The highest BCUT2D eigenvalue weighted by molar-refractivity contribution is 7.92. The fourth-order valence-electron chi connectivity index (χ4n) is 2.74. The van der Waals surface area contributed by atoms with Crippen molar-refractivity contribution in [3.05, 3.63) is 60.7 Å². The number of unbranched alkanes of at least 4 members (excludes halogenated alkanes) is 5. The molecule has 130 valence electrons. The van der Waals surface area contributed by atoms with E-state index in [-0.39, 0.29) is 0 Å². The number of sulfonamides is 1. The van der Waals surface area contributed by atoms with Crippen LogP contribution in [0.3, 0.4) is 0 Å². The van der Waals surface area contributed by atoms with Crippen LogP contribution in [0.1, 0.15) is 45.4 Å². The van der Waals surface area contributed by atoms with Gasteiger partial charge in [0.2, 0.25) is 0 Å². The zero-order chi connectivity index (χ0) is 17.3. The second kappa shape index (κ2) is 9.48. The molecule has 2 aromatic carbocycles. The van der Waals surface area contributed by atoms with E-state index in [1.165, 1.54) is 25.7 Å². The van der Waals surface area contributed by atoms with Crippen LogP contribution in [-0.4, -0.2) is 15.0 Å². The minimum absolute atomic E-state index is 0.347. The third-order valence-corrected chi connectivity index (χ3v) is 5.93. The van der Waals surface area contributed by atoms with Gasteiger partial charge < -0.3 is 0 Å². The van der Waals surface area contributed by atoms with Crippen LogP contribution in [-0.2, 0) is 10.0 Å². The molecular weight excluding hydrogens is 318 g/mol. The van der Waals surface area contributed by atoms with Crippen molar-refractivity contribution in [3.8, 4) is 0 Å². The molecule has 3 nitrogen and oxygen atoms in total. The number of benzene rings is 2. The van der Waals surface area contributed by atoms with Crippen LogP contribution in [0.2, 0.25) is 0 Å². The van der Waals surface area contributed by atoms with Crippen LogP contribution in [0.15, 0.2) is 65.6 Å². The van der Waals surface area contributed by atoms with Gasteiger partial charge in [-0.1, -0.05) is 75.4 Å². The summed E-state index contributed by atoms with van der Waals surface area (Å²) in [6.45, 7) is 2.72. The molecule has 0 amide bonds. The molecule has 0 bridgehead atoms.